The van der Waals surface area contributed by atoms with Crippen LogP contribution in [0.5, 0.6) is 0 Å². The van der Waals surface area contributed by atoms with Crippen LogP contribution in [0.2, 0.25) is 0 Å². The van der Waals surface area contributed by atoms with Crippen LogP contribution < -0.4 is 5.73 Å². The van der Waals surface area contributed by atoms with E-state index in [0.717, 1.165) is 12.1 Å². The van der Waals surface area contributed by atoms with Crippen LogP contribution in [0.15, 0.2) is 24.3 Å². The Hall–Kier alpha value is -2.13. The third-order valence-electron chi connectivity index (χ3n) is 5.10. The highest BCUT2D eigenvalue weighted by Crippen LogP contribution is 2.30. The fourth-order valence-electron chi connectivity index (χ4n) is 3.39. The first-order valence-electron chi connectivity index (χ1n) is 8.83. The van der Waals surface area contributed by atoms with Crippen LogP contribution in [0.25, 0.3) is 0 Å². The minimum absolute atomic E-state index is 0.00988. The van der Waals surface area contributed by atoms with E-state index in [4.69, 9.17) is 10.5 Å². The van der Waals surface area contributed by atoms with Crippen molar-refractivity contribution in [1.82, 2.24) is 9.80 Å². The molecule has 9 heteroatoms. The zero-order valence-corrected chi connectivity index (χ0v) is 14.8. The Balaban J connectivity index is 1.62. The van der Waals surface area contributed by atoms with E-state index >= 15 is 0 Å². The normalized spacial score (nSPS) is 20.4. The zero-order chi connectivity index (χ0) is 19.7. The number of alkyl halides is 3. The molecule has 3 rings (SSSR count). The molecule has 2 N–H and O–H groups in total. The lowest BCUT2D eigenvalue weighted by molar-refractivity contribution is -0.142. The smallest absolute Gasteiger partial charge is 0.381 e. The van der Waals surface area contributed by atoms with Crippen molar-refractivity contribution in [2.75, 3.05) is 39.4 Å². The molecule has 6 nitrogen and oxygen atoms in total. The van der Waals surface area contributed by atoms with Crippen LogP contribution in [0, 0.1) is 0 Å². The molecule has 2 heterocycles. The number of carbonyl (C=O) groups is 2. The highest BCUT2D eigenvalue weighted by Gasteiger charge is 2.40. The number of nitrogens with two attached hydrogens (primary N) is 1. The molecule has 2 fully saturated rings. The number of piperazine rings is 1. The van der Waals surface area contributed by atoms with Gasteiger partial charge in [0.1, 0.15) is 0 Å². The maximum Gasteiger partial charge on any atom is 0.416 e. The summed E-state index contributed by atoms with van der Waals surface area (Å²) in [6.07, 6.45) is -3.59. The fourth-order valence-corrected chi connectivity index (χ4v) is 3.39. The average molecular weight is 385 g/mol. The second-order valence-electron chi connectivity index (χ2n) is 6.93. The second-order valence-corrected chi connectivity index (χ2v) is 6.93. The Bertz CT molecular complexity index is 709. The van der Waals surface area contributed by atoms with Crippen LogP contribution in [0.3, 0.4) is 0 Å². The molecule has 0 bridgehead atoms. The van der Waals surface area contributed by atoms with Crippen LogP contribution in [0.1, 0.15) is 28.8 Å². The van der Waals surface area contributed by atoms with Crippen molar-refractivity contribution in [1.29, 1.82) is 0 Å². The molecule has 2 saturated heterocycles. The highest BCUT2D eigenvalue weighted by atomic mass is 19.4. The summed E-state index contributed by atoms with van der Waals surface area (Å²) in [4.78, 5) is 28.3. The van der Waals surface area contributed by atoms with Crippen molar-refractivity contribution >= 4 is 11.8 Å². The zero-order valence-electron chi connectivity index (χ0n) is 14.8. The molecule has 0 aromatic heterocycles. The van der Waals surface area contributed by atoms with E-state index in [2.05, 4.69) is 0 Å². The Labute approximate surface area is 155 Å². The summed E-state index contributed by atoms with van der Waals surface area (Å²) < 4.78 is 43.8. The molecule has 1 aromatic rings. The van der Waals surface area contributed by atoms with Crippen LogP contribution in [-0.4, -0.2) is 66.5 Å². The highest BCUT2D eigenvalue weighted by molar-refractivity contribution is 5.94. The van der Waals surface area contributed by atoms with Gasteiger partial charge in [0.2, 0.25) is 5.91 Å². The molecule has 148 valence electrons. The number of benzene rings is 1. The quantitative estimate of drug-likeness (QED) is 0.837. The number of ether oxygens (including phenoxy) is 1. The van der Waals surface area contributed by atoms with Gasteiger partial charge in [0.05, 0.1) is 11.1 Å². The predicted octanol–water partition coefficient (Wildman–Crippen LogP) is 1.50. The summed E-state index contributed by atoms with van der Waals surface area (Å²) in [6, 6.07) is 4.38. The molecule has 1 aromatic carbocycles. The van der Waals surface area contributed by atoms with Crippen molar-refractivity contribution in [2.24, 2.45) is 5.73 Å². The first-order chi connectivity index (χ1) is 12.7. The van der Waals surface area contributed by atoms with Gasteiger partial charge in [-0.25, -0.2) is 0 Å². The van der Waals surface area contributed by atoms with Crippen molar-refractivity contribution in [3.8, 4) is 0 Å². The van der Waals surface area contributed by atoms with Gasteiger partial charge < -0.3 is 20.3 Å². The first kappa shape index (κ1) is 19.6. The lowest BCUT2D eigenvalue weighted by atomic mass is 9.89. The maximum atomic E-state index is 12.8. The summed E-state index contributed by atoms with van der Waals surface area (Å²) in [5.41, 5.74) is 4.41. The summed E-state index contributed by atoms with van der Waals surface area (Å²) >= 11 is 0. The number of hydrogen-bond donors (Lipinski definition) is 1. The summed E-state index contributed by atoms with van der Waals surface area (Å²) in [5, 5.41) is 0. The molecule has 2 aliphatic rings. The minimum atomic E-state index is -4.50. The van der Waals surface area contributed by atoms with Gasteiger partial charge in [0.25, 0.3) is 5.91 Å². The summed E-state index contributed by atoms with van der Waals surface area (Å²) in [5.74, 6) is -0.626. The van der Waals surface area contributed by atoms with Crippen LogP contribution in [0.4, 0.5) is 13.2 Å². The van der Waals surface area contributed by atoms with Gasteiger partial charge >= 0.3 is 6.18 Å². The summed E-state index contributed by atoms with van der Waals surface area (Å²) in [6.45, 7) is 2.01. The fraction of sp³-hybridized carbons (Fsp3) is 0.556. The SMILES string of the molecule is NC1(C(=O)N2CCN(C(=O)c3cccc(C(F)(F)F)c3)CC2)CCOCC1. The first-order valence-corrected chi connectivity index (χ1v) is 8.83. The third-order valence-corrected chi connectivity index (χ3v) is 5.10. The topological polar surface area (TPSA) is 75.9 Å². The second kappa shape index (κ2) is 7.47. The van der Waals surface area contributed by atoms with Crippen molar-refractivity contribution in [2.45, 2.75) is 24.6 Å². The van der Waals surface area contributed by atoms with Gasteiger partial charge in [0.15, 0.2) is 0 Å². The van der Waals surface area contributed by atoms with Gasteiger partial charge in [-0.3, -0.25) is 9.59 Å². The van der Waals surface area contributed by atoms with Gasteiger partial charge in [-0.15, -0.1) is 0 Å². The molecule has 0 radical (unpaired) electrons. The molecule has 27 heavy (non-hydrogen) atoms. The third kappa shape index (κ3) is 4.24. The standard InChI is InChI=1S/C18H22F3N3O3/c19-18(20,21)14-3-1-2-13(12-14)15(25)23-6-8-24(9-7-23)16(26)17(22)4-10-27-11-5-17/h1-3,12H,4-11,22H2. The van der Waals surface area contributed by atoms with Crippen molar-refractivity contribution in [3.05, 3.63) is 35.4 Å². The molecular formula is C18H22F3N3O3. The monoisotopic (exact) mass is 385 g/mol. The van der Waals surface area contributed by atoms with Crippen molar-refractivity contribution in [3.63, 3.8) is 0 Å². The number of carbonyl (C=O) groups excluding carboxylic acids is 2. The van der Waals surface area contributed by atoms with Crippen LogP contribution >= 0.6 is 0 Å². The van der Waals surface area contributed by atoms with E-state index < -0.39 is 23.2 Å². The Kier molecular flexibility index (Phi) is 5.43. The van der Waals surface area contributed by atoms with Gasteiger partial charge in [0, 0.05) is 45.0 Å². The van der Waals surface area contributed by atoms with Gasteiger partial charge in [-0.05, 0) is 31.0 Å². The maximum absolute atomic E-state index is 12.8. The molecule has 0 atom stereocenters. The minimum Gasteiger partial charge on any atom is -0.381 e. The Morgan fingerprint density at radius 3 is 2.22 bits per heavy atom. The molecule has 0 saturated carbocycles. The largest absolute Gasteiger partial charge is 0.416 e. The molecule has 0 unspecified atom stereocenters. The van der Waals surface area contributed by atoms with E-state index in [1.807, 2.05) is 0 Å². The predicted molar refractivity (Wildman–Crippen MR) is 90.9 cm³/mol. The lowest BCUT2D eigenvalue weighted by Crippen LogP contribution is -2.61. The van der Waals surface area contributed by atoms with Gasteiger partial charge in [-0.2, -0.15) is 13.2 Å². The number of rotatable bonds is 2. The van der Waals surface area contributed by atoms with E-state index in [1.54, 1.807) is 4.90 Å². The number of amides is 2. The number of hydrogen-bond acceptors (Lipinski definition) is 4. The Morgan fingerprint density at radius 1 is 1.04 bits per heavy atom. The van der Waals surface area contributed by atoms with Gasteiger partial charge in [-0.1, -0.05) is 6.07 Å². The average Bonchev–Trinajstić information content (AvgIpc) is 2.67. The number of nitrogens with zero attached hydrogens (tertiary/aromatic N) is 2. The van der Waals surface area contributed by atoms with E-state index in [1.165, 1.54) is 17.0 Å². The summed E-state index contributed by atoms with van der Waals surface area (Å²) in [7, 11) is 0. The van der Waals surface area contributed by atoms with Crippen molar-refractivity contribution < 1.29 is 27.5 Å². The van der Waals surface area contributed by atoms with E-state index in [0.29, 0.717) is 39.1 Å². The molecule has 0 aliphatic carbocycles. The van der Waals surface area contributed by atoms with E-state index in [-0.39, 0.29) is 24.6 Å². The molecule has 2 amide bonds. The molecule has 0 spiro atoms. The molecule has 2 aliphatic heterocycles. The lowest BCUT2D eigenvalue weighted by Gasteiger charge is -2.41. The number of halogens is 3. The molecular weight excluding hydrogens is 363 g/mol. The van der Waals surface area contributed by atoms with E-state index in [9.17, 15) is 22.8 Å². The Morgan fingerprint density at radius 2 is 1.63 bits per heavy atom. The van der Waals surface area contributed by atoms with Crippen LogP contribution in [-0.2, 0) is 15.7 Å².